The highest BCUT2D eigenvalue weighted by Gasteiger charge is 2.10. The summed E-state index contributed by atoms with van der Waals surface area (Å²) in [6, 6.07) is 17.1. The maximum atomic E-state index is 12.2. The second-order valence-electron chi connectivity index (χ2n) is 6.72. The molecule has 0 bridgehead atoms. The van der Waals surface area contributed by atoms with Crippen LogP contribution in [0, 0.1) is 0 Å². The fourth-order valence-electron chi connectivity index (χ4n) is 2.92. The van der Waals surface area contributed by atoms with Crippen LogP contribution in [0.25, 0.3) is 17.0 Å². The van der Waals surface area contributed by atoms with Crippen molar-refractivity contribution < 1.29 is 14.3 Å². The lowest BCUT2D eigenvalue weighted by atomic mass is 9.97. The molecule has 0 saturated heterocycles. The third-order valence-corrected chi connectivity index (χ3v) is 4.82. The number of fused-ring (bicyclic) bond motifs is 1. The summed E-state index contributed by atoms with van der Waals surface area (Å²) in [5.41, 5.74) is 3.37. The molecule has 4 nitrogen and oxygen atoms in total. The summed E-state index contributed by atoms with van der Waals surface area (Å²) in [6.45, 7) is 4.00. The molecular formula is C24H23NO3. The molecule has 0 fully saturated rings. The fourth-order valence-corrected chi connectivity index (χ4v) is 2.92. The normalized spacial score (nSPS) is 12.2. The third kappa shape index (κ3) is 4.71. The molecule has 1 atom stereocenters. The molecular weight excluding hydrogens is 350 g/mol. The van der Waals surface area contributed by atoms with E-state index in [9.17, 15) is 9.59 Å². The number of aromatic nitrogens is 1. The molecule has 0 aliphatic carbocycles. The Hall–Kier alpha value is -3.27. The Balaban J connectivity index is 1.59. The molecule has 0 aliphatic heterocycles. The number of para-hydroxylation sites is 1. The largest absolute Gasteiger partial charge is 0.454 e. The zero-order valence-corrected chi connectivity index (χ0v) is 16.1. The smallest absolute Gasteiger partial charge is 0.331 e. The van der Waals surface area contributed by atoms with Crippen LogP contribution in [0.4, 0.5) is 0 Å². The lowest BCUT2D eigenvalue weighted by molar-refractivity contribution is -0.136. The molecule has 4 heteroatoms. The van der Waals surface area contributed by atoms with E-state index in [4.69, 9.17) is 4.74 Å². The molecule has 1 aromatic heterocycles. The van der Waals surface area contributed by atoms with Crippen molar-refractivity contribution in [2.75, 3.05) is 6.61 Å². The number of hydrogen-bond donors (Lipinski definition) is 0. The van der Waals surface area contributed by atoms with E-state index in [0.29, 0.717) is 11.5 Å². The quantitative estimate of drug-likeness (QED) is 0.325. The SMILES string of the molecule is CCC(C)c1ccc(C(=O)COC(=O)/C=C/c2cccc3cccnc23)cc1. The number of benzene rings is 2. The molecule has 1 heterocycles. The van der Waals surface area contributed by atoms with Gasteiger partial charge in [-0.05, 0) is 30.0 Å². The predicted octanol–water partition coefficient (Wildman–Crippen LogP) is 5.19. The minimum atomic E-state index is -0.558. The van der Waals surface area contributed by atoms with Crippen LogP contribution in [-0.2, 0) is 9.53 Å². The molecule has 2 aromatic carbocycles. The van der Waals surface area contributed by atoms with E-state index in [1.807, 2.05) is 42.5 Å². The van der Waals surface area contributed by atoms with Crippen molar-refractivity contribution in [1.29, 1.82) is 0 Å². The van der Waals surface area contributed by atoms with E-state index >= 15 is 0 Å². The number of esters is 1. The molecule has 0 radical (unpaired) electrons. The summed E-state index contributed by atoms with van der Waals surface area (Å²) in [5, 5.41) is 0.994. The van der Waals surface area contributed by atoms with Crippen molar-refractivity contribution >= 4 is 28.7 Å². The van der Waals surface area contributed by atoms with Crippen LogP contribution in [0.2, 0.25) is 0 Å². The molecule has 28 heavy (non-hydrogen) atoms. The molecule has 3 rings (SSSR count). The Bertz CT molecular complexity index is 1000. The summed E-state index contributed by atoms with van der Waals surface area (Å²) in [6.07, 6.45) is 5.73. The van der Waals surface area contributed by atoms with Crippen LogP contribution < -0.4 is 0 Å². The number of ketones is 1. The van der Waals surface area contributed by atoms with Gasteiger partial charge in [0.15, 0.2) is 12.4 Å². The Kier molecular flexibility index (Phi) is 6.33. The Morgan fingerprint density at radius 2 is 1.82 bits per heavy atom. The number of rotatable bonds is 7. The average molecular weight is 373 g/mol. The van der Waals surface area contributed by atoms with Crippen molar-refractivity contribution in [3.8, 4) is 0 Å². The summed E-state index contributed by atoms with van der Waals surface area (Å²) in [7, 11) is 0. The van der Waals surface area contributed by atoms with Crippen LogP contribution in [0.15, 0.2) is 66.9 Å². The second kappa shape index (κ2) is 9.09. The Morgan fingerprint density at radius 3 is 2.57 bits per heavy atom. The number of nitrogens with zero attached hydrogens (tertiary/aromatic N) is 1. The second-order valence-corrected chi connectivity index (χ2v) is 6.72. The monoisotopic (exact) mass is 373 g/mol. The summed E-state index contributed by atoms with van der Waals surface area (Å²) >= 11 is 0. The van der Waals surface area contributed by atoms with E-state index in [1.165, 1.54) is 11.6 Å². The van der Waals surface area contributed by atoms with Gasteiger partial charge in [-0.25, -0.2) is 4.79 Å². The van der Waals surface area contributed by atoms with E-state index in [2.05, 4.69) is 18.8 Å². The van der Waals surface area contributed by atoms with Gasteiger partial charge in [0.1, 0.15) is 0 Å². The first-order valence-corrected chi connectivity index (χ1v) is 9.40. The van der Waals surface area contributed by atoms with Crippen molar-refractivity contribution in [2.24, 2.45) is 0 Å². The number of carbonyl (C=O) groups is 2. The van der Waals surface area contributed by atoms with Gasteiger partial charge in [0.2, 0.25) is 0 Å². The van der Waals surface area contributed by atoms with E-state index in [0.717, 1.165) is 22.9 Å². The van der Waals surface area contributed by atoms with Crippen molar-refractivity contribution in [2.45, 2.75) is 26.2 Å². The first kappa shape index (κ1) is 19.5. The number of carbonyl (C=O) groups excluding carboxylic acids is 2. The zero-order chi connectivity index (χ0) is 19.9. The number of hydrogen-bond acceptors (Lipinski definition) is 4. The van der Waals surface area contributed by atoms with Gasteiger partial charge >= 0.3 is 5.97 Å². The van der Waals surface area contributed by atoms with Crippen LogP contribution in [0.5, 0.6) is 0 Å². The van der Waals surface area contributed by atoms with E-state index < -0.39 is 5.97 Å². The van der Waals surface area contributed by atoms with E-state index in [-0.39, 0.29) is 12.4 Å². The third-order valence-electron chi connectivity index (χ3n) is 4.82. The Labute approximate surface area is 164 Å². The van der Waals surface area contributed by atoms with Gasteiger partial charge in [0.05, 0.1) is 5.52 Å². The first-order chi connectivity index (χ1) is 13.6. The number of pyridine rings is 1. The highest BCUT2D eigenvalue weighted by Crippen LogP contribution is 2.19. The van der Waals surface area contributed by atoms with Gasteiger partial charge in [0.25, 0.3) is 0 Å². The zero-order valence-electron chi connectivity index (χ0n) is 16.1. The van der Waals surface area contributed by atoms with Crippen molar-refractivity contribution in [3.63, 3.8) is 0 Å². The van der Waals surface area contributed by atoms with Gasteiger partial charge in [-0.2, -0.15) is 0 Å². The van der Waals surface area contributed by atoms with Gasteiger partial charge in [-0.3, -0.25) is 9.78 Å². The van der Waals surface area contributed by atoms with Crippen molar-refractivity contribution in [1.82, 2.24) is 4.98 Å². The van der Waals surface area contributed by atoms with Gasteiger partial charge < -0.3 is 4.74 Å². The lowest BCUT2D eigenvalue weighted by Gasteiger charge is -2.09. The average Bonchev–Trinajstić information content (AvgIpc) is 2.75. The minimum absolute atomic E-state index is 0.218. The maximum absolute atomic E-state index is 12.2. The first-order valence-electron chi connectivity index (χ1n) is 9.40. The fraction of sp³-hybridized carbons (Fsp3) is 0.208. The van der Waals surface area contributed by atoms with Crippen LogP contribution in [0.1, 0.15) is 47.7 Å². The summed E-state index contributed by atoms with van der Waals surface area (Å²) in [4.78, 5) is 28.6. The van der Waals surface area contributed by atoms with E-state index in [1.54, 1.807) is 24.4 Å². The number of Topliss-reactive ketones (excluding diaryl/α,β-unsaturated/α-hetero) is 1. The van der Waals surface area contributed by atoms with Gasteiger partial charge in [-0.15, -0.1) is 0 Å². The molecule has 0 amide bonds. The Morgan fingerprint density at radius 1 is 1.07 bits per heavy atom. The number of ether oxygens (including phenoxy) is 1. The van der Waals surface area contributed by atoms with Crippen LogP contribution >= 0.6 is 0 Å². The molecule has 0 saturated carbocycles. The predicted molar refractivity (Wildman–Crippen MR) is 111 cm³/mol. The molecule has 0 spiro atoms. The molecule has 142 valence electrons. The van der Waals surface area contributed by atoms with Gasteiger partial charge in [0, 0.05) is 28.8 Å². The standard InChI is InChI=1S/C24H23NO3/c1-3-17(2)18-9-11-19(12-10-18)22(26)16-28-23(27)14-13-21-7-4-6-20-8-5-15-25-24(20)21/h4-15,17H,3,16H2,1-2H3/b14-13+. The molecule has 3 aromatic rings. The maximum Gasteiger partial charge on any atom is 0.331 e. The molecule has 0 N–H and O–H groups in total. The summed E-state index contributed by atoms with van der Waals surface area (Å²) in [5.74, 6) is -0.322. The topological polar surface area (TPSA) is 56.3 Å². The summed E-state index contributed by atoms with van der Waals surface area (Å²) < 4.78 is 5.10. The lowest BCUT2D eigenvalue weighted by Crippen LogP contribution is -2.12. The molecule has 1 unspecified atom stereocenters. The van der Waals surface area contributed by atoms with Crippen LogP contribution in [0.3, 0.4) is 0 Å². The highest BCUT2D eigenvalue weighted by atomic mass is 16.5. The van der Waals surface area contributed by atoms with Crippen molar-refractivity contribution in [3.05, 3.63) is 83.6 Å². The van der Waals surface area contributed by atoms with Crippen LogP contribution in [-0.4, -0.2) is 23.3 Å². The highest BCUT2D eigenvalue weighted by molar-refractivity contribution is 5.99. The van der Waals surface area contributed by atoms with Gasteiger partial charge in [-0.1, -0.05) is 62.4 Å². The molecule has 0 aliphatic rings. The minimum Gasteiger partial charge on any atom is -0.454 e.